The molecule has 0 fully saturated rings. The van der Waals surface area contributed by atoms with Crippen LogP contribution in [0.2, 0.25) is 10.0 Å². The Labute approximate surface area is 293 Å². The van der Waals surface area contributed by atoms with Crippen molar-refractivity contribution in [3.05, 3.63) is 125 Å². The number of Topliss-reactive ketones (excluding diaryl/α,β-unsaturated/α-hetero) is 2. The number of ether oxygens (including phenoxy) is 1. The molecule has 49 heavy (non-hydrogen) atoms. The van der Waals surface area contributed by atoms with Crippen molar-refractivity contribution in [2.45, 2.75) is 65.7 Å². The molecular formula is C37H35Cl2N3O7. The molecule has 254 valence electrons. The van der Waals surface area contributed by atoms with E-state index in [1.807, 2.05) is 18.2 Å². The number of benzene rings is 3. The number of non-ortho nitro benzene ring substituents is 1. The molecule has 3 aromatic carbocycles. The molecule has 0 aromatic heterocycles. The second-order valence-electron chi connectivity index (χ2n) is 14.5. The molecule has 0 spiro atoms. The van der Waals surface area contributed by atoms with Gasteiger partial charge in [-0.2, -0.15) is 0 Å². The van der Waals surface area contributed by atoms with Gasteiger partial charge in [0.25, 0.3) is 5.69 Å². The van der Waals surface area contributed by atoms with Crippen LogP contribution in [0.25, 0.3) is 0 Å². The Hall–Kier alpha value is -4.54. The highest BCUT2D eigenvalue weighted by atomic mass is 35.5. The molecule has 0 atom stereocenters. The first-order chi connectivity index (χ1) is 23.0. The quantitative estimate of drug-likeness (QED) is 0.167. The van der Waals surface area contributed by atoms with Crippen LogP contribution in [-0.4, -0.2) is 32.9 Å². The first-order valence-corrected chi connectivity index (χ1v) is 16.7. The smallest absolute Gasteiger partial charge is 0.318 e. The molecule has 0 saturated heterocycles. The maximum atomic E-state index is 14.2. The molecule has 3 aromatic rings. The number of ketones is 2. The third-order valence-corrected chi connectivity index (χ3v) is 9.97. The van der Waals surface area contributed by atoms with E-state index in [1.54, 1.807) is 12.1 Å². The van der Waals surface area contributed by atoms with E-state index in [9.17, 15) is 29.8 Å². The zero-order valence-corrected chi connectivity index (χ0v) is 29.1. The van der Waals surface area contributed by atoms with Gasteiger partial charge >= 0.3 is 5.69 Å². The van der Waals surface area contributed by atoms with Crippen LogP contribution >= 0.6 is 23.2 Å². The third kappa shape index (κ3) is 6.72. The van der Waals surface area contributed by atoms with Crippen molar-refractivity contribution < 1.29 is 24.2 Å². The molecule has 0 N–H and O–H groups in total. The Bertz CT molecular complexity index is 1910. The Balaban J connectivity index is 1.48. The molecule has 3 aliphatic rings. The Morgan fingerprint density at radius 2 is 1.35 bits per heavy atom. The number of carbonyl (C=O) groups excluding carboxylic acids is 2. The van der Waals surface area contributed by atoms with Crippen LogP contribution < -0.4 is 4.74 Å². The van der Waals surface area contributed by atoms with Gasteiger partial charge in [-0.3, -0.25) is 29.8 Å². The van der Waals surface area contributed by atoms with Crippen molar-refractivity contribution >= 4 is 46.1 Å². The van der Waals surface area contributed by atoms with Gasteiger partial charge in [-0.05, 0) is 59.4 Å². The monoisotopic (exact) mass is 703 g/mol. The lowest BCUT2D eigenvalue weighted by Crippen LogP contribution is -2.45. The summed E-state index contributed by atoms with van der Waals surface area (Å²) >= 11 is 13.6. The van der Waals surface area contributed by atoms with E-state index in [1.165, 1.54) is 0 Å². The van der Waals surface area contributed by atoms with Crippen LogP contribution in [0.3, 0.4) is 0 Å². The number of nitrogens with zero attached hydrogens (tertiary/aromatic N) is 3. The fourth-order valence-electron chi connectivity index (χ4n) is 7.34. The number of hydrogen-bond donors (Lipinski definition) is 0. The summed E-state index contributed by atoms with van der Waals surface area (Å²) in [5.41, 5.74) is 2.90. The number of hydrogen-bond acceptors (Lipinski definition) is 8. The summed E-state index contributed by atoms with van der Waals surface area (Å²) in [5, 5.41) is 23.0. The highest BCUT2D eigenvalue weighted by Gasteiger charge is 2.49. The molecule has 2 aliphatic carbocycles. The van der Waals surface area contributed by atoms with Crippen molar-refractivity contribution in [1.29, 1.82) is 0 Å². The molecule has 6 rings (SSSR count). The van der Waals surface area contributed by atoms with Crippen LogP contribution in [0.15, 0.2) is 83.2 Å². The summed E-state index contributed by atoms with van der Waals surface area (Å²) in [6.07, 6.45) is 2.61. The summed E-state index contributed by atoms with van der Waals surface area (Å²) in [5.74, 6) is -1.19. The zero-order valence-electron chi connectivity index (χ0n) is 27.5. The summed E-state index contributed by atoms with van der Waals surface area (Å²) in [7, 11) is 0. The summed E-state index contributed by atoms with van der Waals surface area (Å²) in [4.78, 5) is 52.0. The topological polar surface area (TPSA) is 133 Å². The van der Waals surface area contributed by atoms with Gasteiger partial charge in [0, 0.05) is 53.9 Å². The van der Waals surface area contributed by atoms with Gasteiger partial charge in [-0.25, -0.2) is 0 Å². The van der Waals surface area contributed by atoms with Crippen LogP contribution in [-0.2, 0) is 16.0 Å². The lowest BCUT2D eigenvalue weighted by Gasteiger charge is -2.49. The average molecular weight is 705 g/mol. The molecule has 10 nitrogen and oxygen atoms in total. The second kappa shape index (κ2) is 12.7. The number of nitro groups is 2. The van der Waals surface area contributed by atoms with Crippen molar-refractivity contribution in [3.63, 3.8) is 0 Å². The number of nitro benzene ring substituents is 2. The van der Waals surface area contributed by atoms with Crippen LogP contribution in [0.4, 0.5) is 11.4 Å². The average Bonchev–Trinajstić information content (AvgIpc) is 3.00. The van der Waals surface area contributed by atoms with E-state index < -0.39 is 27.1 Å². The van der Waals surface area contributed by atoms with Crippen molar-refractivity contribution in [2.75, 3.05) is 6.54 Å². The van der Waals surface area contributed by atoms with Crippen molar-refractivity contribution in [3.8, 4) is 11.5 Å². The number of carbonyl (C=O) groups is 2. The predicted octanol–water partition coefficient (Wildman–Crippen LogP) is 9.53. The third-order valence-electron chi connectivity index (χ3n) is 9.40. The Kier molecular flexibility index (Phi) is 8.92. The van der Waals surface area contributed by atoms with Crippen molar-refractivity contribution in [1.82, 2.24) is 4.90 Å². The van der Waals surface area contributed by atoms with Crippen LogP contribution in [0.5, 0.6) is 11.5 Å². The standard InChI is InChI=1S/C37H35Cl2N3O7/c1-36(2)17-27-33(29(43)19-36)32(34-28(18-37(3,4)20-30(34)44)40(27)13-12-21-8-6-5-7-9-21)22-14-24(38)35(25(39)15-22)49-31-11-10-23(41(45)46)16-26(31)42(47)48/h5-11,14-16,32H,12-13,17-20H2,1-4H3. The minimum absolute atomic E-state index is 0.00173. The maximum absolute atomic E-state index is 14.2. The lowest BCUT2D eigenvalue weighted by molar-refractivity contribution is -0.394. The SMILES string of the molecule is CC1(C)CC(=O)C2=C(C1)N(CCc1ccccc1)C1=C(C(=O)CC(C)(C)C1)C2c1cc(Cl)c(Oc2ccc([N+](=O)[O-])cc2[N+](=O)[O-])c(Cl)c1. The van der Waals surface area contributed by atoms with E-state index in [2.05, 4.69) is 44.7 Å². The molecular weight excluding hydrogens is 669 g/mol. The predicted molar refractivity (Wildman–Crippen MR) is 186 cm³/mol. The van der Waals surface area contributed by atoms with E-state index in [4.69, 9.17) is 27.9 Å². The molecule has 12 heteroatoms. The number of halogens is 2. The van der Waals surface area contributed by atoms with Gasteiger partial charge in [0.05, 0.1) is 26.0 Å². The largest absolute Gasteiger partial charge is 0.447 e. The minimum atomic E-state index is -0.793. The normalized spacial score (nSPS) is 18.7. The Morgan fingerprint density at radius 1 is 0.796 bits per heavy atom. The van der Waals surface area contributed by atoms with Gasteiger partial charge in [-0.1, -0.05) is 81.2 Å². The Morgan fingerprint density at radius 3 is 1.86 bits per heavy atom. The number of rotatable bonds is 8. The molecule has 0 radical (unpaired) electrons. The molecule has 0 bridgehead atoms. The minimum Gasteiger partial charge on any atom is -0.447 e. The van der Waals surface area contributed by atoms with Gasteiger partial charge in [0.1, 0.15) is 0 Å². The zero-order chi connectivity index (χ0) is 35.4. The molecule has 0 saturated carbocycles. The van der Waals surface area contributed by atoms with E-state index in [-0.39, 0.29) is 43.9 Å². The van der Waals surface area contributed by atoms with Crippen LogP contribution in [0.1, 0.15) is 70.4 Å². The first-order valence-electron chi connectivity index (χ1n) is 16.0. The van der Waals surface area contributed by atoms with Gasteiger partial charge in [-0.15, -0.1) is 0 Å². The van der Waals surface area contributed by atoms with E-state index in [0.717, 1.165) is 41.6 Å². The molecule has 0 unspecified atom stereocenters. The maximum Gasteiger partial charge on any atom is 0.318 e. The van der Waals surface area contributed by atoms with Crippen LogP contribution in [0, 0.1) is 31.1 Å². The molecule has 1 aliphatic heterocycles. The van der Waals surface area contributed by atoms with Gasteiger partial charge < -0.3 is 9.64 Å². The van der Waals surface area contributed by atoms with Crippen molar-refractivity contribution in [2.24, 2.45) is 10.8 Å². The highest BCUT2D eigenvalue weighted by molar-refractivity contribution is 6.37. The summed E-state index contributed by atoms with van der Waals surface area (Å²) in [6, 6.07) is 16.3. The fraction of sp³-hybridized carbons (Fsp3) is 0.351. The fourth-order valence-corrected chi connectivity index (χ4v) is 7.92. The second-order valence-corrected chi connectivity index (χ2v) is 15.3. The first kappa shape index (κ1) is 34.3. The number of allylic oxidation sites excluding steroid dienone is 4. The molecule has 0 amide bonds. The van der Waals surface area contributed by atoms with E-state index >= 15 is 0 Å². The van der Waals surface area contributed by atoms with Gasteiger partial charge in [0.15, 0.2) is 17.3 Å². The van der Waals surface area contributed by atoms with Gasteiger partial charge in [0.2, 0.25) is 5.75 Å². The summed E-state index contributed by atoms with van der Waals surface area (Å²) < 4.78 is 5.82. The molecule has 1 heterocycles. The highest BCUT2D eigenvalue weighted by Crippen LogP contribution is 2.55. The summed E-state index contributed by atoms with van der Waals surface area (Å²) in [6.45, 7) is 8.92. The lowest BCUT2D eigenvalue weighted by atomic mass is 9.63. The van der Waals surface area contributed by atoms with E-state index in [0.29, 0.717) is 48.9 Å².